The summed E-state index contributed by atoms with van der Waals surface area (Å²) < 4.78 is 0. The van der Waals surface area contributed by atoms with Crippen LogP contribution >= 0.6 is 0 Å². The van der Waals surface area contributed by atoms with Crippen molar-refractivity contribution in [2.45, 2.75) is 26.4 Å². The first-order valence-corrected chi connectivity index (χ1v) is 7.66. The van der Waals surface area contributed by atoms with Crippen LogP contribution in [0.15, 0.2) is 59.4 Å². The third-order valence-electron chi connectivity index (χ3n) is 3.87. The summed E-state index contributed by atoms with van der Waals surface area (Å²) in [5.41, 5.74) is 4.20. The minimum atomic E-state index is 0.0180. The SMILES string of the molecule is CCc1cc2ccc(CNCc3ccccc3)cc2[nH]c1=O. The molecular formula is C19H20N2O. The molecule has 0 atom stereocenters. The number of aryl methyl sites for hydroxylation is 1. The number of H-pyrrole nitrogens is 1. The maximum Gasteiger partial charge on any atom is 0.251 e. The third kappa shape index (κ3) is 3.26. The first-order chi connectivity index (χ1) is 10.8. The average Bonchev–Trinajstić information content (AvgIpc) is 2.55. The second-order valence-electron chi connectivity index (χ2n) is 5.49. The molecule has 3 heteroatoms. The summed E-state index contributed by atoms with van der Waals surface area (Å²) in [4.78, 5) is 14.9. The van der Waals surface area contributed by atoms with Gasteiger partial charge in [-0.25, -0.2) is 0 Å². The van der Waals surface area contributed by atoms with E-state index in [-0.39, 0.29) is 5.56 Å². The van der Waals surface area contributed by atoms with E-state index in [1.807, 2.05) is 37.3 Å². The van der Waals surface area contributed by atoms with Gasteiger partial charge in [0.1, 0.15) is 0 Å². The lowest BCUT2D eigenvalue weighted by Crippen LogP contribution is -2.13. The molecule has 1 aromatic heterocycles. The van der Waals surface area contributed by atoms with Crippen LogP contribution in [0.2, 0.25) is 0 Å². The molecule has 2 N–H and O–H groups in total. The fourth-order valence-electron chi connectivity index (χ4n) is 2.61. The Bertz CT molecular complexity index is 822. The van der Waals surface area contributed by atoms with E-state index in [0.717, 1.165) is 36.0 Å². The highest BCUT2D eigenvalue weighted by molar-refractivity contribution is 5.79. The van der Waals surface area contributed by atoms with E-state index in [0.29, 0.717) is 0 Å². The molecule has 0 aliphatic heterocycles. The number of nitrogens with one attached hydrogen (secondary N) is 2. The van der Waals surface area contributed by atoms with Crippen molar-refractivity contribution in [3.63, 3.8) is 0 Å². The lowest BCUT2D eigenvalue weighted by molar-refractivity contribution is 0.694. The Morgan fingerprint density at radius 2 is 1.73 bits per heavy atom. The molecule has 0 radical (unpaired) electrons. The van der Waals surface area contributed by atoms with Crippen LogP contribution in [0.4, 0.5) is 0 Å². The largest absolute Gasteiger partial charge is 0.322 e. The smallest absolute Gasteiger partial charge is 0.251 e. The summed E-state index contributed by atoms with van der Waals surface area (Å²) in [7, 11) is 0. The Morgan fingerprint density at radius 3 is 2.50 bits per heavy atom. The van der Waals surface area contributed by atoms with Gasteiger partial charge in [0.15, 0.2) is 0 Å². The molecule has 0 aliphatic carbocycles. The summed E-state index contributed by atoms with van der Waals surface area (Å²) in [6, 6.07) is 18.5. The number of rotatable bonds is 5. The van der Waals surface area contributed by atoms with Gasteiger partial charge in [-0.2, -0.15) is 0 Å². The molecule has 22 heavy (non-hydrogen) atoms. The van der Waals surface area contributed by atoms with Crippen LogP contribution in [0.1, 0.15) is 23.6 Å². The zero-order chi connectivity index (χ0) is 15.4. The molecule has 1 heterocycles. The first-order valence-electron chi connectivity index (χ1n) is 7.66. The summed E-state index contributed by atoms with van der Waals surface area (Å²) in [6.07, 6.45) is 0.756. The first kappa shape index (κ1) is 14.5. The molecule has 0 amide bonds. The van der Waals surface area contributed by atoms with E-state index in [2.05, 4.69) is 34.6 Å². The highest BCUT2D eigenvalue weighted by atomic mass is 16.1. The molecular weight excluding hydrogens is 272 g/mol. The molecule has 112 valence electrons. The Hall–Kier alpha value is -2.39. The van der Waals surface area contributed by atoms with E-state index >= 15 is 0 Å². The molecule has 0 fully saturated rings. The van der Waals surface area contributed by atoms with Gasteiger partial charge in [0.25, 0.3) is 5.56 Å². The number of hydrogen-bond acceptors (Lipinski definition) is 2. The van der Waals surface area contributed by atoms with E-state index in [4.69, 9.17) is 0 Å². The average molecular weight is 292 g/mol. The quantitative estimate of drug-likeness (QED) is 0.757. The maximum absolute atomic E-state index is 11.9. The van der Waals surface area contributed by atoms with Crippen molar-refractivity contribution in [2.75, 3.05) is 0 Å². The highest BCUT2D eigenvalue weighted by Gasteiger charge is 2.02. The molecule has 0 aliphatic rings. The minimum absolute atomic E-state index is 0.0180. The standard InChI is InChI=1S/C19H20N2O/c1-2-16-11-17-9-8-15(10-18(17)21-19(16)22)13-20-12-14-6-4-3-5-7-14/h3-11,20H,2,12-13H2,1H3,(H,21,22). The second kappa shape index (κ2) is 6.58. The highest BCUT2D eigenvalue weighted by Crippen LogP contribution is 2.14. The topological polar surface area (TPSA) is 44.9 Å². The van der Waals surface area contributed by atoms with E-state index in [9.17, 15) is 4.79 Å². The van der Waals surface area contributed by atoms with E-state index in [1.54, 1.807) is 0 Å². The monoisotopic (exact) mass is 292 g/mol. The maximum atomic E-state index is 11.9. The van der Waals surface area contributed by atoms with Crippen molar-refractivity contribution < 1.29 is 0 Å². The Labute approximate surface area is 130 Å². The van der Waals surface area contributed by atoms with Gasteiger partial charge in [0.05, 0.1) is 0 Å². The predicted octanol–water partition coefficient (Wildman–Crippen LogP) is 3.38. The van der Waals surface area contributed by atoms with Crippen LogP contribution in [0.3, 0.4) is 0 Å². The molecule has 3 rings (SSSR count). The number of fused-ring (bicyclic) bond motifs is 1. The molecule has 2 aromatic carbocycles. The number of benzene rings is 2. The lowest BCUT2D eigenvalue weighted by Gasteiger charge is -2.07. The van der Waals surface area contributed by atoms with Crippen molar-refractivity contribution in [3.05, 3.63) is 81.6 Å². The molecule has 0 saturated heterocycles. The summed E-state index contributed by atoms with van der Waals surface area (Å²) in [5.74, 6) is 0. The fourth-order valence-corrected chi connectivity index (χ4v) is 2.61. The number of aromatic nitrogens is 1. The summed E-state index contributed by atoms with van der Waals surface area (Å²) in [6.45, 7) is 3.62. The Morgan fingerprint density at radius 1 is 0.955 bits per heavy atom. The molecule has 0 spiro atoms. The van der Waals surface area contributed by atoms with Crippen LogP contribution in [-0.4, -0.2) is 4.98 Å². The van der Waals surface area contributed by atoms with E-state index in [1.165, 1.54) is 11.1 Å². The molecule has 0 unspecified atom stereocenters. The zero-order valence-electron chi connectivity index (χ0n) is 12.7. The third-order valence-corrected chi connectivity index (χ3v) is 3.87. The van der Waals surface area contributed by atoms with Gasteiger partial charge in [-0.3, -0.25) is 4.79 Å². The summed E-state index contributed by atoms with van der Waals surface area (Å²) in [5, 5.41) is 4.51. The summed E-state index contributed by atoms with van der Waals surface area (Å²) >= 11 is 0. The molecule has 3 nitrogen and oxygen atoms in total. The van der Waals surface area contributed by atoms with Gasteiger partial charge < -0.3 is 10.3 Å². The minimum Gasteiger partial charge on any atom is -0.322 e. The van der Waals surface area contributed by atoms with Crippen LogP contribution < -0.4 is 10.9 Å². The van der Waals surface area contributed by atoms with Crippen molar-refractivity contribution in [3.8, 4) is 0 Å². The number of aromatic amines is 1. The van der Waals surface area contributed by atoms with Crippen LogP contribution in [0.25, 0.3) is 10.9 Å². The molecule has 3 aromatic rings. The lowest BCUT2D eigenvalue weighted by atomic mass is 10.1. The van der Waals surface area contributed by atoms with Crippen molar-refractivity contribution in [2.24, 2.45) is 0 Å². The van der Waals surface area contributed by atoms with Crippen molar-refractivity contribution >= 4 is 10.9 Å². The van der Waals surface area contributed by atoms with Gasteiger partial charge in [-0.05, 0) is 35.1 Å². The Kier molecular flexibility index (Phi) is 4.35. The van der Waals surface area contributed by atoms with Crippen molar-refractivity contribution in [1.82, 2.24) is 10.3 Å². The fraction of sp³-hybridized carbons (Fsp3) is 0.211. The number of pyridine rings is 1. The predicted molar refractivity (Wildman–Crippen MR) is 90.9 cm³/mol. The normalized spacial score (nSPS) is 11.0. The second-order valence-corrected chi connectivity index (χ2v) is 5.49. The number of hydrogen-bond donors (Lipinski definition) is 2. The Balaban J connectivity index is 1.73. The van der Waals surface area contributed by atoms with Crippen LogP contribution in [-0.2, 0) is 19.5 Å². The zero-order valence-corrected chi connectivity index (χ0v) is 12.7. The van der Waals surface area contributed by atoms with Crippen molar-refractivity contribution in [1.29, 1.82) is 0 Å². The van der Waals surface area contributed by atoms with Gasteiger partial charge in [-0.1, -0.05) is 49.4 Å². The van der Waals surface area contributed by atoms with Crippen LogP contribution in [0, 0.1) is 0 Å². The van der Waals surface area contributed by atoms with Gasteiger partial charge in [-0.15, -0.1) is 0 Å². The molecule has 0 saturated carbocycles. The van der Waals surface area contributed by atoms with Gasteiger partial charge in [0.2, 0.25) is 0 Å². The van der Waals surface area contributed by atoms with Gasteiger partial charge in [0, 0.05) is 24.2 Å². The van der Waals surface area contributed by atoms with E-state index < -0.39 is 0 Å². The molecule has 0 bridgehead atoms. The van der Waals surface area contributed by atoms with Crippen LogP contribution in [0.5, 0.6) is 0 Å². The van der Waals surface area contributed by atoms with Gasteiger partial charge >= 0.3 is 0 Å².